The molecule has 1 aliphatic carbocycles. The predicted octanol–water partition coefficient (Wildman–Crippen LogP) is 0.105. The molecule has 1 aromatic heterocycles. The lowest BCUT2D eigenvalue weighted by Crippen LogP contribution is -2.53. The van der Waals surface area contributed by atoms with E-state index in [1.807, 2.05) is 0 Å². The molecule has 0 aromatic carbocycles. The van der Waals surface area contributed by atoms with Gasteiger partial charge in [0.05, 0.1) is 19.6 Å². The van der Waals surface area contributed by atoms with E-state index < -0.39 is 24.5 Å². The summed E-state index contributed by atoms with van der Waals surface area (Å²) in [5.74, 6) is -0.684. The van der Waals surface area contributed by atoms with E-state index in [9.17, 15) is 27.6 Å². The molecule has 1 atom stereocenters. The van der Waals surface area contributed by atoms with Crippen LogP contribution in [0.2, 0.25) is 0 Å². The number of nitrogens with one attached hydrogen (secondary N) is 3. The van der Waals surface area contributed by atoms with Gasteiger partial charge in [-0.2, -0.15) is 18.3 Å². The van der Waals surface area contributed by atoms with Crippen LogP contribution in [-0.4, -0.2) is 69.9 Å². The molecule has 1 aromatic rings. The summed E-state index contributed by atoms with van der Waals surface area (Å²) >= 11 is 0. The lowest BCUT2D eigenvalue weighted by molar-refractivity contribution is -0.236. The molecule has 28 heavy (non-hydrogen) atoms. The zero-order valence-electron chi connectivity index (χ0n) is 15.1. The van der Waals surface area contributed by atoms with E-state index in [0.29, 0.717) is 25.7 Å². The average molecular weight is 405 g/mol. The highest BCUT2D eigenvalue weighted by Gasteiger charge is 2.45. The molecule has 1 saturated heterocycles. The number of nitrogens with zero attached hydrogens (tertiary/aromatic N) is 2. The molecule has 2 amide bonds. The molecule has 2 heterocycles. The summed E-state index contributed by atoms with van der Waals surface area (Å²) in [5, 5.41) is 8.68. The first-order valence-electron chi connectivity index (χ1n) is 9.12. The summed E-state index contributed by atoms with van der Waals surface area (Å²) in [5.41, 5.74) is -0.488. The van der Waals surface area contributed by atoms with E-state index in [4.69, 9.17) is 4.74 Å². The average Bonchev–Trinajstić information content (AvgIpc) is 3.05. The van der Waals surface area contributed by atoms with Crippen LogP contribution in [0.25, 0.3) is 0 Å². The van der Waals surface area contributed by atoms with Crippen LogP contribution in [0.4, 0.5) is 13.2 Å². The normalized spacial score (nSPS) is 26.1. The van der Waals surface area contributed by atoms with Gasteiger partial charge < -0.3 is 15.0 Å². The fraction of sp³-hybridized carbons (Fsp3) is 0.750. The number of ether oxygens (including phenoxy) is 1. The van der Waals surface area contributed by atoms with E-state index in [1.165, 1.54) is 4.90 Å². The number of morpholine rings is 1. The third-order valence-corrected chi connectivity index (χ3v) is 5.06. The molecule has 9 nitrogen and oxygen atoms in total. The Hall–Kier alpha value is -2.37. The van der Waals surface area contributed by atoms with Crippen LogP contribution in [0.1, 0.15) is 31.5 Å². The molecule has 3 N–H and O–H groups in total. The van der Waals surface area contributed by atoms with Crippen molar-refractivity contribution < 1.29 is 27.5 Å². The van der Waals surface area contributed by atoms with Crippen molar-refractivity contribution in [1.82, 2.24) is 25.4 Å². The molecule has 1 aliphatic heterocycles. The first-order valence-corrected chi connectivity index (χ1v) is 9.12. The number of carbonyl (C=O) groups is 2. The summed E-state index contributed by atoms with van der Waals surface area (Å²) in [6.07, 6.45) is -4.37. The summed E-state index contributed by atoms with van der Waals surface area (Å²) in [6, 6.07) is -0.116. The van der Waals surface area contributed by atoms with Crippen LogP contribution in [0.3, 0.4) is 0 Å². The van der Waals surface area contributed by atoms with Crippen LogP contribution in [-0.2, 0) is 20.7 Å². The quantitative estimate of drug-likeness (QED) is 0.657. The van der Waals surface area contributed by atoms with Crippen molar-refractivity contribution in [2.45, 2.75) is 50.4 Å². The highest BCUT2D eigenvalue weighted by molar-refractivity contribution is 5.79. The molecule has 1 unspecified atom stereocenters. The SMILES string of the molecule is O=C(Cc1n[nH]c(=O)[nH]1)NC1CCC(C(=O)N2CCOC(C(F)(F)F)C2)CC1. The van der Waals surface area contributed by atoms with Crippen molar-refractivity contribution in [2.75, 3.05) is 19.7 Å². The van der Waals surface area contributed by atoms with Gasteiger partial charge in [0.25, 0.3) is 0 Å². The molecule has 156 valence electrons. The van der Waals surface area contributed by atoms with Crippen molar-refractivity contribution in [3.8, 4) is 0 Å². The van der Waals surface area contributed by atoms with E-state index in [0.717, 1.165) is 0 Å². The Bertz CT molecular complexity index is 754. The maximum atomic E-state index is 12.8. The number of aromatic amines is 2. The van der Waals surface area contributed by atoms with Gasteiger partial charge in [0, 0.05) is 18.5 Å². The van der Waals surface area contributed by atoms with Crippen molar-refractivity contribution in [3.05, 3.63) is 16.3 Å². The first-order chi connectivity index (χ1) is 13.2. The van der Waals surface area contributed by atoms with Gasteiger partial charge in [-0.15, -0.1) is 0 Å². The lowest BCUT2D eigenvalue weighted by Gasteiger charge is -2.37. The number of carbonyl (C=O) groups excluding carboxylic acids is 2. The van der Waals surface area contributed by atoms with E-state index in [1.54, 1.807) is 0 Å². The third-order valence-electron chi connectivity index (χ3n) is 5.06. The zero-order chi connectivity index (χ0) is 20.3. The molecule has 1 saturated carbocycles. The highest BCUT2D eigenvalue weighted by atomic mass is 19.4. The minimum atomic E-state index is -4.49. The van der Waals surface area contributed by atoms with Crippen LogP contribution in [0, 0.1) is 5.92 Å². The largest absolute Gasteiger partial charge is 0.416 e. The van der Waals surface area contributed by atoms with Gasteiger partial charge in [0.15, 0.2) is 6.10 Å². The van der Waals surface area contributed by atoms with Gasteiger partial charge in [-0.3, -0.25) is 14.6 Å². The van der Waals surface area contributed by atoms with Crippen molar-refractivity contribution >= 4 is 11.8 Å². The molecule has 2 fully saturated rings. The van der Waals surface area contributed by atoms with Crippen LogP contribution >= 0.6 is 0 Å². The number of halogens is 3. The monoisotopic (exact) mass is 405 g/mol. The standard InChI is InChI=1S/C16H22F3N5O4/c17-16(18,19)11-8-24(5-6-28-11)14(26)9-1-3-10(4-2-9)20-13(25)7-12-21-15(27)23-22-12/h9-11H,1-8H2,(H,20,25)(H2,21,22,23,27). The molecule has 12 heteroatoms. The highest BCUT2D eigenvalue weighted by Crippen LogP contribution is 2.29. The molecular weight excluding hydrogens is 383 g/mol. The molecule has 0 bridgehead atoms. The topological polar surface area (TPSA) is 120 Å². The first kappa shape index (κ1) is 20.4. The van der Waals surface area contributed by atoms with Gasteiger partial charge in [-0.05, 0) is 25.7 Å². The van der Waals surface area contributed by atoms with Crippen LogP contribution < -0.4 is 11.0 Å². The predicted molar refractivity (Wildman–Crippen MR) is 89.2 cm³/mol. The number of alkyl halides is 3. The molecule has 0 radical (unpaired) electrons. The Kier molecular flexibility index (Phi) is 6.06. The van der Waals surface area contributed by atoms with Gasteiger partial charge in [-0.1, -0.05) is 0 Å². The number of amides is 2. The fourth-order valence-corrected chi connectivity index (χ4v) is 3.61. The number of hydrogen-bond acceptors (Lipinski definition) is 5. The maximum Gasteiger partial charge on any atom is 0.416 e. The second-order valence-corrected chi connectivity index (χ2v) is 7.10. The van der Waals surface area contributed by atoms with Gasteiger partial charge in [-0.25, -0.2) is 9.89 Å². The Morgan fingerprint density at radius 3 is 2.57 bits per heavy atom. The minimum absolute atomic E-state index is 0.0653. The molecule has 0 spiro atoms. The van der Waals surface area contributed by atoms with Crippen molar-refractivity contribution in [2.24, 2.45) is 5.92 Å². The number of rotatable bonds is 4. The number of hydrogen-bond donors (Lipinski definition) is 3. The number of H-pyrrole nitrogens is 2. The van der Waals surface area contributed by atoms with Crippen molar-refractivity contribution in [1.29, 1.82) is 0 Å². The van der Waals surface area contributed by atoms with Crippen LogP contribution in [0.15, 0.2) is 4.79 Å². The van der Waals surface area contributed by atoms with Gasteiger partial charge in [0.1, 0.15) is 5.82 Å². The Labute approximate surface area is 158 Å². The van der Waals surface area contributed by atoms with Gasteiger partial charge >= 0.3 is 11.9 Å². The second-order valence-electron chi connectivity index (χ2n) is 7.10. The summed E-state index contributed by atoms with van der Waals surface area (Å²) in [4.78, 5) is 39.2. The fourth-order valence-electron chi connectivity index (χ4n) is 3.61. The Morgan fingerprint density at radius 2 is 1.96 bits per heavy atom. The Balaban J connectivity index is 1.45. The summed E-state index contributed by atoms with van der Waals surface area (Å²) in [7, 11) is 0. The number of aromatic nitrogens is 3. The van der Waals surface area contributed by atoms with E-state index in [2.05, 4.69) is 20.5 Å². The third kappa shape index (κ3) is 5.12. The second kappa shape index (κ2) is 8.33. The maximum absolute atomic E-state index is 12.8. The smallest absolute Gasteiger partial charge is 0.365 e. The van der Waals surface area contributed by atoms with Crippen LogP contribution in [0.5, 0.6) is 0 Å². The zero-order valence-corrected chi connectivity index (χ0v) is 15.1. The van der Waals surface area contributed by atoms with E-state index >= 15 is 0 Å². The molecule has 2 aliphatic rings. The van der Waals surface area contributed by atoms with E-state index in [-0.39, 0.29) is 49.2 Å². The molecular formula is C16H22F3N5O4. The minimum Gasteiger partial charge on any atom is -0.365 e. The lowest BCUT2D eigenvalue weighted by atomic mass is 9.85. The summed E-state index contributed by atoms with van der Waals surface area (Å²) < 4.78 is 43.2. The molecule has 3 rings (SSSR count). The summed E-state index contributed by atoms with van der Waals surface area (Å²) in [6.45, 7) is -0.443. The Morgan fingerprint density at radius 1 is 1.25 bits per heavy atom. The van der Waals surface area contributed by atoms with Gasteiger partial charge in [0.2, 0.25) is 11.8 Å². The van der Waals surface area contributed by atoms with Crippen molar-refractivity contribution in [3.63, 3.8) is 0 Å².